The molecule has 4 aromatic rings. The van der Waals surface area contributed by atoms with Crippen LogP contribution in [-0.4, -0.2) is 27.5 Å². The highest BCUT2D eigenvalue weighted by molar-refractivity contribution is 7.92. The molecule has 4 aromatic carbocycles. The van der Waals surface area contributed by atoms with Crippen LogP contribution in [0.1, 0.15) is 16.7 Å². The van der Waals surface area contributed by atoms with Gasteiger partial charge in [-0.2, -0.15) is 0 Å². The van der Waals surface area contributed by atoms with Gasteiger partial charge in [0.15, 0.2) is 6.61 Å². The van der Waals surface area contributed by atoms with Crippen molar-refractivity contribution in [2.75, 3.05) is 17.5 Å². The van der Waals surface area contributed by atoms with Gasteiger partial charge in [0.1, 0.15) is 5.75 Å². The lowest BCUT2D eigenvalue weighted by Gasteiger charge is -2.25. The molecule has 0 aliphatic rings. The lowest BCUT2D eigenvalue weighted by atomic mass is 10.1. The third kappa shape index (κ3) is 7.21. The van der Waals surface area contributed by atoms with Crippen LogP contribution in [0.25, 0.3) is 0 Å². The molecule has 0 aromatic heterocycles. The average molecular weight is 515 g/mol. The molecule has 1 amide bonds. The second-order valence-electron chi connectivity index (χ2n) is 8.68. The van der Waals surface area contributed by atoms with Crippen molar-refractivity contribution in [1.82, 2.24) is 5.32 Å². The standard InChI is InChI=1S/C30H30N2O4S/c1-24-12-18-29(19-13-24)37(34,35)32(22-26-10-6-3-7-11-26)27-14-16-28(17-15-27)36-23-30(33)31-21-20-25-8-4-2-5-9-25/h2-19H,20-23H2,1H3,(H,31,33). The van der Waals surface area contributed by atoms with E-state index >= 15 is 0 Å². The van der Waals surface area contributed by atoms with E-state index in [4.69, 9.17) is 4.74 Å². The van der Waals surface area contributed by atoms with Crippen molar-refractivity contribution in [3.05, 3.63) is 126 Å². The zero-order chi connectivity index (χ0) is 26.1. The minimum absolute atomic E-state index is 0.121. The molecule has 190 valence electrons. The van der Waals surface area contributed by atoms with E-state index in [9.17, 15) is 13.2 Å². The first kappa shape index (κ1) is 26.0. The van der Waals surface area contributed by atoms with Gasteiger partial charge >= 0.3 is 0 Å². The Morgan fingerprint density at radius 2 is 1.38 bits per heavy atom. The fourth-order valence-corrected chi connectivity index (χ4v) is 5.25. The number of amides is 1. The van der Waals surface area contributed by atoms with Crippen molar-refractivity contribution in [1.29, 1.82) is 0 Å². The second-order valence-corrected chi connectivity index (χ2v) is 10.5. The number of benzene rings is 4. The van der Waals surface area contributed by atoms with Crippen LogP contribution in [-0.2, 0) is 27.8 Å². The predicted octanol–water partition coefficient (Wildman–Crippen LogP) is 5.13. The van der Waals surface area contributed by atoms with Gasteiger partial charge in [0.25, 0.3) is 15.9 Å². The van der Waals surface area contributed by atoms with Gasteiger partial charge in [-0.15, -0.1) is 0 Å². The first-order chi connectivity index (χ1) is 17.9. The number of ether oxygens (including phenoxy) is 1. The Morgan fingerprint density at radius 3 is 2.00 bits per heavy atom. The zero-order valence-electron chi connectivity index (χ0n) is 20.7. The van der Waals surface area contributed by atoms with Crippen LogP contribution in [0.3, 0.4) is 0 Å². The number of rotatable bonds is 11. The lowest BCUT2D eigenvalue weighted by molar-refractivity contribution is -0.123. The van der Waals surface area contributed by atoms with Gasteiger partial charge in [-0.25, -0.2) is 8.42 Å². The number of carbonyl (C=O) groups excluding carboxylic acids is 1. The Bertz CT molecular complexity index is 1390. The molecule has 0 bridgehead atoms. The average Bonchev–Trinajstić information content (AvgIpc) is 2.92. The van der Waals surface area contributed by atoms with E-state index in [0.717, 1.165) is 23.1 Å². The van der Waals surface area contributed by atoms with Gasteiger partial charge in [-0.05, 0) is 60.9 Å². The summed E-state index contributed by atoms with van der Waals surface area (Å²) >= 11 is 0. The van der Waals surface area contributed by atoms with Crippen LogP contribution in [0.4, 0.5) is 5.69 Å². The summed E-state index contributed by atoms with van der Waals surface area (Å²) in [5.74, 6) is 0.266. The lowest BCUT2D eigenvalue weighted by Crippen LogP contribution is -2.31. The Kier molecular flexibility index (Phi) is 8.59. The molecule has 1 N–H and O–H groups in total. The smallest absolute Gasteiger partial charge is 0.264 e. The van der Waals surface area contributed by atoms with Crippen LogP contribution in [0.2, 0.25) is 0 Å². The SMILES string of the molecule is Cc1ccc(S(=O)(=O)N(Cc2ccccc2)c2ccc(OCC(=O)NCCc3ccccc3)cc2)cc1. The van der Waals surface area contributed by atoms with Crippen LogP contribution in [0, 0.1) is 6.92 Å². The summed E-state index contributed by atoms with van der Waals surface area (Å²) in [7, 11) is -3.81. The maximum Gasteiger partial charge on any atom is 0.264 e. The van der Waals surface area contributed by atoms with Crippen LogP contribution in [0.5, 0.6) is 5.75 Å². The molecule has 0 aliphatic heterocycles. The number of nitrogens with one attached hydrogen (secondary N) is 1. The maximum atomic E-state index is 13.6. The topological polar surface area (TPSA) is 75.7 Å². The maximum absolute atomic E-state index is 13.6. The molecule has 4 rings (SSSR count). The molecule has 0 saturated carbocycles. The summed E-state index contributed by atoms with van der Waals surface area (Å²) in [6, 6.07) is 32.9. The number of hydrogen-bond donors (Lipinski definition) is 1. The summed E-state index contributed by atoms with van der Waals surface area (Å²) in [4.78, 5) is 12.4. The van der Waals surface area contributed by atoms with Crippen LogP contribution < -0.4 is 14.4 Å². The number of anilines is 1. The van der Waals surface area contributed by atoms with Gasteiger partial charge in [0, 0.05) is 6.54 Å². The summed E-state index contributed by atoms with van der Waals surface area (Å²) in [6.45, 7) is 2.50. The van der Waals surface area contributed by atoms with E-state index in [1.54, 1.807) is 48.5 Å². The summed E-state index contributed by atoms with van der Waals surface area (Å²) in [5.41, 5.74) is 3.51. The third-order valence-electron chi connectivity index (χ3n) is 5.85. The van der Waals surface area contributed by atoms with Crippen molar-refractivity contribution in [3.63, 3.8) is 0 Å². The number of carbonyl (C=O) groups is 1. The molecule has 37 heavy (non-hydrogen) atoms. The number of hydrogen-bond acceptors (Lipinski definition) is 4. The normalized spacial score (nSPS) is 11.1. The monoisotopic (exact) mass is 514 g/mol. The van der Waals surface area contributed by atoms with Crippen LogP contribution >= 0.6 is 0 Å². The summed E-state index contributed by atoms with van der Waals surface area (Å²) in [6.07, 6.45) is 0.744. The van der Waals surface area contributed by atoms with Crippen LogP contribution in [0.15, 0.2) is 114 Å². The minimum atomic E-state index is -3.81. The van der Waals surface area contributed by atoms with Gasteiger partial charge < -0.3 is 10.1 Å². The summed E-state index contributed by atoms with van der Waals surface area (Å²) in [5, 5.41) is 2.85. The van der Waals surface area contributed by atoms with Gasteiger partial charge in [-0.3, -0.25) is 9.10 Å². The predicted molar refractivity (Wildman–Crippen MR) is 146 cm³/mol. The van der Waals surface area contributed by atoms with Crippen molar-refractivity contribution in [2.45, 2.75) is 24.8 Å². The Morgan fingerprint density at radius 1 is 0.784 bits per heavy atom. The van der Waals surface area contributed by atoms with E-state index in [1.807, 2.05) is 67.6 Å². The Labute approximate surface area is 218 Å². The second kappa shape index (κ2) is 12.2. The minimum Gasteiger partial charge on any atom is -0.484 e. The van der Waals surface area contributed by atoms with Gasteiger partial charge in [-0.1, -0.05) is 78.4 Å². The Hall–Kier alpha value is -4.10. The fourth-order valence-electron chi connectivity index (χ4n) is 3.80. The molecular weight excluding hydrogens is 484 g/mol. The van der Waals surface area contributed by atoms with E-state index in [2.05, 4.69) is 5.32 Å². The number of nitrogens with zero attached hydrogens (tertiary/aromatic N) is 1. The van der Waals surface area contributed by atoms with Gasteiger partial charge in [0.2, 0.25) is 0 Å². The third-order valence-corrected chi connectivity index (χ3v) is 7.64. The summed E-state index contributed by atoms with van der Waals surface area (Å²) < 4.78 is 34.2. The fraction of sp³-hybridized carbons (Fsp3) is 0.167. The van der Waals surface area contributed by atoms with E-state index in [1.165, 1.54) is 4.31 Å². The molecule has 0 atom stereocenters. The molecule has 0 aliphatic carbocycles. The number of aryl methyl sites for hydroxylation is 1. The van der Waals surface area contributed by atoms with Gasteiger partial charge in [0.05, 0.1) is 17.1 Å². The highest BCUT2D eigenvalue weighted by Crippen LogP contribution is 2.28. The van der Waals surface area contributed by atoms with E-state index in [0.29, 0.717) is 18.0 Å². The molecule has 0 spiro atoms. The number of sulfonamides is 1. The molecule has 0 saturated heterocycles. The van der Waals surface area contributed by atoms with E-state index in [-0.39, 0.29) is 24.0 Å². The molecule has 0 radical (unpaired) electrons. The quantitative estimate of drug-likeness (QED) is 0.301. The molecular formula is C30H30N2O4S. The van der Waals surface area contributed by atoms with E-state index < -0.39 is 10.0 Å². The highest BCUT2D eigenvalue weighted by Gasteiger charge is 2.25. The molecule has 6 nitrogen and oxygen atoms in total. The van der Waals surface area contributed by atoms with Crippen molar-refractivity contribution in [3.8, 4) is 5.75 Å². The molecule has 0 heterocycles. The zero-order valence-corrected chi connectivity index (χ0v) is 21.5. The largest absolute Gasteiger partial charge is 0.484 e. The highest BCUT2D eigenvalue weighted by atomic mass is 32.2. The molecule has 0 unspecified atom stereocenters. The van der Waals surface area contributed by atoms with Crippen molar-refractivity contribution < 1.29 is 17.9 Å². The first-order valence-corrected chi connectivity index (χ1v) is 13.5. The molecule has 7 heteroatoms. The first-order valence-electron chi connectivity index (χ1n) is 12.1. The van der Waals surface area contributed by atoms with Crippen molar-refractivity contribution in [2.24, 2.45) is 0 Å². The molecule has 0 fully saturated rings. The van der Waals surface area contributed by atoms with Crippen molar-refractivity contribution >= 4 is 21.6 Å². The Balaban J connectivity index is 1.43.